The zero-order valence-electron chi connectivity index (χ0n) is 13.6. The molecule has 8 nitrogen and oxygen atoms in total. The van der Waals surface area contributed by atoms with Crippen molar-refractivity contribution in [3.8, 4) is 11.5 Å². The summed E-state index contributed by atoms with van der Waals surface area (Å²) in [6, 6.07) is 10.3. The van der Waals surface area contributed by atoms with Crippen molar-refractivity contribution in [1.29, 1.82) is 0 Å². The zero-order chi connectivity index (χ0) is 18.1. The number of nitrogens with one attached hydrogen (secondary N) is 3. The fraction of sp³-hybridized carbons (Fsp3) is 0.167. The molecule has 0 radical (unpaired) electrons. The summed E-state index contributed by atoms with van der Waals surface area (Å²) in [5, 5.41) is 8.18. The molecule has 4 rings (SSSR count). The summed E-state index contributed by atoms with van der Waals surface area (Å²) in [4.78, 5) is 35.1. The molecule has 0 unspecified atom stereocenters. The Balaban J connectivity index is 1.44. The van der Waals surface area contributed by atoms with E-state index >= 15 is 0 Å². The number of hydrogen-bond acceptors (Lipinski definition) is 5. The Morgan fingerprint density at radius 3 is 2.23 bits per heavy atom. The molecule has 3 N–H and O–H groups in total. The number of benzene rings is 2. The van der Waals surface area contributed by atoms with Crippen LogP contribution in [0.1, 0.15) is 5.56 Å². The second-order valence-corrected chi connectivity index (χ2v) is 5.94. The standard InChI is InChI=1S/C18H15N3O5/c22-16(6-10-1-3-14-12(5-10)20-17(23)8-25-14)19-11-2-4-15-13(7-11)21-18(24)9-26-15/h1-5,7H,6,8-9H2,(H,19,22)(H,20,23)(H,21,24). The maximum atomic E-state index is 12.3. The van der Waals surface area contributed by atoms with Crippen LogP contribution in [0, 0.1) is 0 Å². The summed E-state index contributed by atoms with van der Waals surface area (Å²) in [5.41, 5.74) is 2.36. The minimum Gasteiger partial charge on any atom is -0.482 e. The van der Waals surface area contributed by atoms with Gasteiger partial charge in [-0.2, -0.15) is 0 Å². The Hall–Kier alpha value is -3.55. The molecule has 3 amide bonds. The van der Waals surface area contributed by atoms with E-state index in [1.807, 2.05) is 0 Å². The summed E-state index contributed by atoms with van der Waals surface area (Å²) in [6.45, 7) is -0.0251. The van der Waals surface area contributed by atoms with Crippen molar-refractivity contribution in [2.75, 3.05) is 29.2 Å². The van der Waals surface area contributed by atoms with E-state index in [0.717, 1.165) is 5.56 Å². The lowest BCUT2D eigenvalue weighted by Crippen LogP contribution is -2.26. The molecule has 0 bridgehead atoms. The van der Waals surface area contributed by atoms with Crippen molar-refractivity contribution < 1.29 is 23.9 Å². The predicted octanol–water partition coefficient (Wildman–Crippen LogP) is 1.53. The molecule has 0 fully saturated rings. The Kier molecular flexibility index (Phi) is 3.92. The number of carbonyl (C=O) groups is 3. The highest BCUT2D eigenvalue weighted by atomic mass is 16.5. The van der Waals surface area contributed by atoms with E-state index in [9.17, 15) is 14.4 Å². The fourth-order valence-electron chi connectivity index (χ4n) is 2.79. The molecule has 0 saturated carbocycles. The van der Waals surface area contributed by atoms with Crippen molar-refractivity contribution >= 4 is 34.8 Å². The Morgan fingerprint density at radius 2 is 1.54 bits per heavy atom. The second kappa shape index (κ2) is 6.40. The van der Waals surface area contributed by atoms with Gasteiger partial charge in [0.05, 0.1) is 17.8 Å². The third-order valence-corrected chi connectivity index (χ3v) is 3.94. The Bertz CT molecular complexity index is 852. The van der Waals surface area contributed by atoms with Gasteiger partial charge in [-0.05, 0) is 35.9 Å². The van der Waals surface area contributed by atoms with Gasteiger partial charge in [-0.15, -0.1) is 0 Å². The van der Waals surface area contributed by atoms with Crippen molar-refractivity contribution in [1.82, 2.24) is 0 Å². The third-order valence-electron chi connectivity index (χ3n) is 3.94. The average molecular weight is 353 g/mol. The first-order chi connectivity index (χ1) is 12.6. The minimum atomic E-state index is -0.237. The monoisotopic (exact) mass is 353 g/mol. The van der Waals surface area contributed by atoms with E-state index in [2.05, 4.69) is 16.0 Å². The molecule has 2 aromatic rings. The van der Waals surface area contributed by atoms with Crippen molar-refractivity contribution in [2.24, 2.45) is 0 Å². The highest BCUT2D eigenvalue weighted by Crippen LogP contribution is 2.31. The molecule has 26 heavy (non-hydrogen) atoms. The quantitative estimate of drug-likeness (QED) is 0.776. The number of hydrogen-bond donors (Lipinski definition) is 3. The van der Waals surface area contributed by atoms with Crippen LogP contribution < -0.4 is 25.4 Å². The number of rotatable bonds is 3. The smallest absolute Gasteiger partial charge is 0.262 e. The number of carbonyl (C=O) groups excluding carboxylic acids is 3. The van der Waals surface area contributed by atoms with Gasteiger partial charge in [0.15, 0.2) is 13.2 Å². The molecular formula is C18H15N3O5. The van der Waals surface area contributed by atoms with Crippen LogP contribution in [0.2, 0.25) is 0 Å². The van der Waals surface area contributed by atoms with Crippen molar-refractivity contribution in [2.45, 2.75) is 6.42 Å². The van der Waals surface area contributed by atoms with Crippen LogP contribution in [0.25, 0.3) is 0 Å². The Morgan fingerprint density at radius 1 is 0.923 bits per heavy atom. The normalized spacial score (nSPS) is 14.8. The van der Waals surface area contributed by atoms with Gasteiger partial charge in [0.2, 0.25) is 5.91 Å². The number of amides is 3. The first-order valence-corrected chi connectivity index (χ1v) is 7.99. The summed E-state index contributed by atoms with van der Waals surface area (Å²) in [7, 11) is 0. The summed E-state index contributed by atoms with van der Waals surface area (Å²) >= 11 is 0. The molecule has 0 saturated heterocycles. The third kappa shape index (κ3) is 3.30. The largest absolute Gasteiger partial charge is 0.482 e. The lowest BCUT2D eigenvalue weighted by atomic mass is 10.1. The first-order valence-electron chi connectivity index (χ1n) is 7.99. The SMILES string of the molecule is O=C(Cc1ccc2c(c1)NC(=O)CO2)Nc1ccc2c(c1)NC(=O)CO2. The van der Waals surface area contributed by atoms with Gasteiger partial charge < -0.3 is 25.4 Å². The molecule has 2 aromatic carbocycles. The van der Waals surface area contributed by atoms with Crippen LogP contribution in [0.3, 0.4) is 0 Å². The fourth-order valence-corrected chi connectivity index (χ4v) is 2.79. The molecule has 2 aliphatic heterocycles. The maximum Gasteiger partial charge on any atom is 0.262 e. The first kappa shape index (κ1) is 15.9. The molecule has 0 atom stereocenters. The van der Waals surface area contributed by atoms with Crippen molar-refractivity contribution in [3.05, 3.63) is 42.0 Å². The van der Waals surface area contributed by atoms with Crippen LogP contribution in [-0.2, 0) is 20.8 Å². The molecule has 0 spiro atoms. The van der Waals surface area contributed by atoms with E-state index in [1.165, 1.54) is 0 Å². The minimum absolute atomic E-state index is 0.00852. The lowest BCUT2D eigenvalue weighted by Gasteiger charge is -2.19. The van der Waals surface area contributed by atoms with Gasteiger partial charge in [-0.1, -0.05) is 6.07 Å². The summed E-state index contributed by atoms with van der Waals surface area (Å²) in [5.74, 6) is 0.458. The molecule has 132 valence electrons. The highest BCUT2D eigenvalue weighted by molar-refractivity contribution is 5.98. The van der Waals surface area contributed by atoms with Crippen LogP contribution in [0.5, 0.6) is 11.5 Å². The number of anilines is 3. The maximum absolute atomic E-state index is 12.3. The molecule has 8 heteroatoms. The number of ether oxygens (including phenoxy) is 2. The highest BCUT2D eigenvalue weighted by Gasteiger charge is 2.18. The van der Waals surface area contributed by atoms with Crippen LogP contribution >= 0.6 is 0 Å². The van der Waals surface area contributed by atoms with E-state index in [0.29, 0.717) is 28.6 Å². The zero-order valence-corrected chi connectivity index (χ0v) is 13.6. The Labute approximate surface area is 148 Å². The van der Waals surface area contributed by atoms with E-state index in [1.54, 1.807) is 36.4 Å². The van der Waals surface area contributed by atoms with Crippen molar-refractivity contribution in [3.63, 3.8) is 0 Å². The van der Waals surface area contributed by atoms with Gasteiger partial charge in [-0.3, -0.25) is 14.4 Å². The van der Waals surface area contributed by atoms with E-state index in [-0.39, 0.29) is 37.4 Å². The number of fused-ring (bicyclic) bond motifs is 2. The summed E-state index contributed by atoms with van der Waals surface area (Å²) in [6.07, 6.45) is 0.128. The summed E-state index contributed by atoms with van der Waals surface area (Å²) < 4.78 is 10.6. The van der Waals surface area contributed by atoms with Crippen LogP contribution in [0.15, 0.2) is 36.4 Å². The van der Waals surface area contributed by atoms with Gasteiger partial charge in [-0.25, -0.2) is 0 Å². The van der Waals surface area contributed by atoms with Crippen LogP contribution in [-0.4, -0.2) is 30.9 Å². The van der Waals surface area contributed by atoms with Gasteiger partial charge in [0, 0.05) is 5.69 Å². The molecular weight excluding hydrogens is 338 g/mol. The molecule has 2 heterocycles. The average Bonchev–Trinajstić information content (AvgIpc) is 2.61. The van der Waals surface area contributed by atoms with Crippen LogP contribution in [0.4, 0.5) is 17.1 Å². The molecule has 0 aromatic heterocycles. The second-order valence-electron chi connectivity index (χ2n) is 5.94. The predicted molar refractivity (Wildman–Crippen MR) is 93.5 cm³/mol. The van der Waals surface area contributed by atoms with E-state index in [4.69, 9.17) is 9.47 Å². The van der Waals surface area contributed by atoms with Gasteiger partial charge in [0.25, 0.3) is 11.8 Å². The van der Waals surface area contributed by atoms with Gasteiger partial charge >= 0.3 is 0 Å². The van der Waals surface area contributed by atoms with E-state index < -0.39 is 0 Å². The van der Waals surface area contributed by atoms with Gasteiger partial charge in [0.1, 0.15) is 11.5 Å². The topological polar surface area (TPSA) is 106 Å². The lowest BCUT2D eigenvalue weighted by molar-refractivity contribution is -0.119. The molecule has 0 aliphatic carbocycles. The molecule has 2 aliphatic rings.